The third-order valence-corrected chi connectivity index (χ3v) is 7.05. The maximum Gasteiger partial charge on any atom is 0.290 e. The molecule has 2 aliphatic rings. The second-order valence-electron chi connectivity index (χ2n) is 7.19. The van der Waals surface area contributed by atoms with Crippen molar-refractivity contribution in [1.82, 2.24) is 10.3 Å². The Bertz CT molecular complexity index is 1110. The zero-order valence-corrected chi connectivity index (χ0v) is 17.7. The molecule has 2 saturated heterocycles. The number of imide groups is 1. The van der Waals surface area contributed by atoms with E-state index in [9.17, 15) is 9.59 Å². The van der Waals surface area contributed by atoms with Gasteiger partial charge in [0.2, 0.25) is 0 Å². The van der Waals surface area contributed by atoms with Crippen LogP contribution in [0, 0.1) is 0 Å². The number of carbonyl (C=O) groups is 2. The highest BCUT2D eigenvalue weighted by atomic mass is 32.2. The molecule has 8 heteroatoms. The standard InChI is InChI=1S/C22H19N3O3S2/c26-20-19(30-22(27)24-20)12-14-7-9-16(10-8-14)28-13-15-4-3-11-25(15)21-23-17-5-1-2-6-18(17)29-21/h1-2,5-10,12,15H,3-4,11,13H2,(H,24,26,27)/t15-/m1/s1. The second-order valence-corrected chi connectivity index (χ2v) is 9.21. The first kappa shape index (κ1) is 19.1. The number of benzene rings is 2. The highest BCUT2D eigenvalue weighted by Crippen LogP contribution is 2.33. The van der Waals surface area contributed by atoms with Crippen LogP contribution < -0.4 is 15.0 Å². The Balaban J connectivity index is 1.23. The molecule has 6 nitrogen and oxygen atoms in total. The average Bonchev–Trinajstić information content (AvgIpc) is 3.45. The van der Waals surface area contributed by atoms with Crippen molar-refractivity contribution in [3.63, 3.8) is 0 Å². The normalized spacial score (nSPS) is 20.3. The molecule has 2 amide bonds. The monoisotopic (exact) mass is 437 g/mol. The number of fused-ring (bicyclic) bond motifs is 1. The van der Waals surface area contributed by atoms with Crippen molar-refractivity contribution in [3.05, 3.63) is 59.0 Å². The van der Waals surface area contributed by atoms with Gasteiger partial charge in [0.05, 0.1) is 21.2 Å². The molecule has 5 rings (SSSR count). The Hall–Kier alpha value is -2.84. The van der Waals surface area contributed by atoms with Crippen LogP contribution in [-0.2, 0) is 4.79 Å². The summed E-state index contributed by atoms with van der Waals surface area (Å²) < 4.78 is 7.26. The van der Waals surface area contributed by atoms with Gasteiger partial charge >= 0.3 is 0 Å². The van der Waals surface area contributed by atoms with Gasteiger partial charge in [0, 0.05) is 6.54 Å². The molecule has 3 aromatic rings. The lowest BCUT2D eigenvalue weighted by Gasteiger charge is -2.24. The van der Waals surface area contributed by atoms with Crippen LogP contribution in [0.1, 0.15) is 18.4 Å². The molecular weight excluding hydrogens is 418 g/mol. The average molecular weight is 438 g/mol. The van der Waals surface area contributed by atoms with E-state index in [1.807, 2.05) is 36.4 Å². The molecule has 1 aromatic heterocycles. The fraction of sp³-hybridized carbons (Fsp3) is 0.227. The minimum absolute atomic E-state index is 0.303. The highest BCUT2D eigenvalue weighted by Gasteiger charge is 2.28. The molecule has 0 radical (unpaired) electrons. The number of rotatable bonds is 5. The van der Waals surface area contributed by atoms with Gasteiger partial charge in [0.25, 0.3) is 11.1 Å². The number of para-hydroxylation sites is 1. The van der Waals surface area contributed by atoms with Crippen molar-refractivity contribution in [3.8, 4) is 5.75 Å². The number of aromatic nitrogens is 1. The van der Waals surface area contributed by atoms with Crippen molar-refractivity contribution >= 4 is 55.7 Å². The predicted octanol–water partition coefficient (Wildman–Crippen LogP) is 4.67. The van der Waals surface area contributed by atoms with Crippen molar-refractivity contribution in [2.75, 3.05) is 18.1 Å². The molecular formula is C22H19N3O3S2. The van der Waals surface area contributed by atoms with E-state index in [2.05, 4.69) is 22.3 Å². The topological polar surface area (TPSA) is 71.5 Å². The third kappa shape index (κ3) is 3.93. The number of carbonyl (C=O) groups excluding carboxylic acids is 2. The van der Waals surface area contributed by atoms with Gasteiger partial charge in [0.15, 0.2) is 5.13 Å². The summed E-state index contributed by atoms with van der Waals surface area (Å²) in [6.07, 6.45) is 3.93. The Kier molecular flexibility index (Phi) is 5.18. The van der Waals surface area contributed by atoms with E-state index >= 15 is 0 Å². The molecule has 152 valence electrons. The number of hydrogen-bond acceptors (Lipinski definition) is 7. The van der Waals surface area contributed by atoms with Gasteiger partial charge < -0.3 is 9.64 Å². The van der Waals surface area contributed by atoms with Gasteiger partial charge in [-0.1, -0.05) is 35.6 Å². The van der Waals surface area contributed by atoms with Crippen LogP contribution in [0.3, 0.4) is 0 Å². The first-order valence-electron chi connectivity index (χ1n) is 9.76. The van der Waals surface area contributed by atoms with E-state index in [4.69, 9.17) is 9.72 Å². The highest BCUT2D eigenvalue weighted by molar-refractivity contribution is 8.18. The maximum atomic E-state index is 11.7. The minimum Gasteiger partial charge on any atom is -0.491 e. The van der Waals surface area contributed by atoms with Crippen molar-refractivity contribution in [2.45, 2.75) is 18.9 Å². The van der Waals surface area contributed by atoms with Gasteiger partial charge in [0.1, 0.15) is 12.4 Å². The minimum atomic E-state index is -0.346. The molecule has 2 aromatic carbocycles. The second kappa shape index (κ2) is 8.12. The fourth-order valence-corrected chi connectivity index (χ4v) is 5.41. The number of thioether (sulfide) groups is 1. The van der Waals surface area contributed by atoms with E-state index in [0.717, 1.165) is 53.1 Å². The van der Waals surface area contributed by atoms with Crippen molar-refractivity contribution < 1.29 is 14.3 Å². The predicted molar refractivity (Wildman–Crippen MR) is 121 cm³/mol. The molecule has 30 heavy (non-hydrogen) atoms. The maximum absolute atomic E-state index is 11.7. The summed E-state index contributed by atoms with van der Waals surface area (Å²) in [5.74, 6) is 0.439. The zero-order chi connectivity index (χ0) is 20.5. The number of thiazole rings is 1. The van der Waals surface area contributed by atoms with Gasteiger partial charge in [-0.2, -0.15) is 0 Å². The zero-order valence-electron chi connectivity index (χ0n) is 16.0. The van der Waals surface area contributed by atoms with Crippen LogP contribution in [0.5, 0.6) is 5.75 Å². The number of ether oxygens (including phenoxy) is 1. The van der Waals surface area contributed by atoms with Gasteiger partial charge in [-0.15, -0.1) is 0 Å². The summed E-state index contributed by atoms with van der Waals surface area (Å²) in [5, 5.41) is 2.99. The number of anilines is 1. The fourth-order valence-electron chi connectivity index (χ4n) is 3.67. The summed E-state index contributed by atoms with van der Waals surface area (Å²) in [6.45, 7) is 1.60. The first-order valence-corrected chi connectivity index (χ1v) is 11.4. The molecule has 0 spiro atoms. The Labute approximate surface area is 181 Å². The molecule has 2 fully saturated rings. The molecule has 0 saturated carbocycles. The van der Waals surface area contributed by atoms with E-state index in [1.165, 1.54) is 4.70 Å². The van der Waals surface area contributed by atoms with Crippen molar-refractivity contribution in [1.29, 1.82) is 0 Å². The largest absolute Gasteiger partial charge is 0.491 e. The summed E-state index contributed by atoms with van der Waals surface area (Å²) in [7, 11) is 0. The molecule has 0 bridgehead atoms. The number of nitrogens with one attached hydrogen (secondary N) is 1. The van der Waals surface area contributed by atoms with Gasteiger partial charge in [-0.3, -0.25) is 14.9 Å². The van der Waals surface area contributed by atoms with E-state index in [1.54, 1.807) is 17.4 Å². The van der Waals surface area contributed by atoms with E-state index in [0.29, 0.717) is 17.6 Å². The van der Waals surface area contributed by atoms with Gasteiger partial charge in [-0.25, -0.2) is 4.98 Å². The number of nitrogens with zero attached hydrogens (tertiary/aromatic N) is 2. The van der Waals surface area contributed by atoms with E-state index in [-0.39, 0.29) is 11.1 Å². The molecule has 2 aliphatic heterocycles. The summed E-state index contributed by atoms with van der Waals surface area (Å²) in [4.78, 5) is 30.5. The third-order valence-electron chi connectivity index (χ3n) is 5.17. The SMILES string of the molecule is O=C1NC(=O)C(=Cc2ccc(OC[C@H]3CCCN3c3nc4ccccc4s3)cc2)S1. The molecule has 1 atom stereocenters. The quantitative estimate of drug-likeness (QED) is 0.585. The summed E-state index contributed by atoms with van der Waals surface area (Å²) in [6, 6.07) is 16.1. The lowest BCUT2D eigenvalue weighted by atomic mass is 10.2. The smallest absolute Gasteiger partial charge is 0.290 e. The van der Waals surface area contributed by atoms with Crippen LogP contribution in [-0.4, -0.2) is 35.3 Å². The first-order chi connectivity index (χ1) is 14.7. The Morgan fingerprint density at radius 1 is 1.17 bits per heavy atom. The van der Waals surface area contributed by atoms with Crippen molar-refractivity contribution in [2.24, 2.45) is 0 Å². The van der Waals surface area contributed by atoms with Crippen LogP contribution in [0.2, 0.25) is 0 Å². The van der Waals surface area contributed by atoms with Crippen LogP contribution in [0.25, 0.3) is 16.3 Å². The van der Waals surface area contributed by atoms with Crippen LogP contribution >= 0.6 is 23.1 Å². The van der Waals surface area contributed by atoms with Crippen LogP contribution in [0.4, 0.5) is 9.93 Å². The molecule has 0 aliphatic carbocycles. The molecule has 1 N–H and O–H groups in total. The lowest BCUT2D eigenvalue weighted by molar-refractivity contribution is -0.115. The van der Waals surface area contributed by atoms with Crippen LogP contribution in [0.15, 0.2) is 53.4 Å². The summed E-state index contributed by atoms with van der Waals surface area (Å²) >= 11 is 2.65. The van der Waals surface area contributed by atoms with E-state index < -0.39 is 0 Å². The Morgan fingerprint density at radius 3 is 2.77 bits per heavy atom. The Morgan fingerprint density at radius 2 is 2.00 bits per heavy atom. The molecule has 0 unspecified atom stereocenters. The lowest BCUT2D eigenvalue weighted by Crippen LogP contribution is -2.34. The molecule has 3 heterocycles. The van der Waals surface area contributed by atoms with Gasteiger partial charge in [-0.05, 0) is 60.5 Å². The number of hydrogen-bond donors (Lipinski definition) is 1. The number of amides is 2. The summed E-state index contributed by atoms with van der Waals surface area (Å²) in [5.41, 5.74) is 1.90.